The standard InChI is InChI=1S/C27H28N2O4/c1-19-8-9-28-23(14-19)26(31)18-25(30)22-16-21(15-20-6-4-3-5-7-20)17-24(27(22)32-2)29-10-12-33-13-11-29/h3-9,14,16-17H,10-13,15,18H2,1-2H3. The number of rotatable bonds is 8. The van der Waals surface area contributed by atoms with Gasteiger partial charge in [-0.05, 0) is 54.3 Å². The van der Waals surface area contributed by atoms with E-state index in [2.05, 4.69) is 28.1 Å². The van der Waals surface area contributed by atoms with E-state index in [-0.39, 0.29) is 18.0 Å². The van der Waals surface area contributed by atoms with Crippen molar-refractivity contribution in [2.75, 3.05) is 38.3 Å². The number of ketones is 2. The van der Waals surface area contributed by atoms with E-state index in [1.807, 2.05) is 37.3 Å². The molecule has 1 fully saturated rings. The number of carbonyl (C=O) groups excluding carboxylic acids is 2. The SMILES string of the molecule is COc1c(C(=O)CC(=O)c2cc(C)ccn2)cc(Cc2ccccc2)cc1N1CCOCC1. The molecule has 2 heterocycles. The van der Waals surface area contributed by atoms with Gasteiger partial charge in [0.15, 0.2) is 17.3 Å². The van der Waals surface area contributed by atoms with Crippen LogP contribution >= 0.6 is 0 Å². The maximum absolute atomic E-state index is 13.4. The molecule has 0 radical (unpaired) electrons. The van der Waals surface area contributed by atoms with Crippen LogP contribution in [0.2, 0.25) is 0 Å². The van der Waals surface area contributed by atoms with Crippen molar-refractivity contribution in [3.63, 3.8) is 0 Å². The highest BCUT2D eigenvalue weighted by Gasteiger charge is 2.25. The number of benzene rings is 2. The number of aryl methyl sites for hydroxylation is 1. The Morgan fingerprint density at radius 1 is 1.00 bits per heavy atom. The van der Waals surface area contributed by atoms with Gasteiger partial charge in [-0.15, -0.1) is 0 Å². The number of hydrogen-bond donors (Lipinski definition) is 0. The summed E-state index contributed by atoms with van der Waals surface area (Å²) in [5, 5.41) is 0. The molecule has 2 aromatic carbocycles. The van der Waals surface area contributed by atoms with Crippen LogP contribution in [0.15, 0.2) is 60.8 Å². The molecule has 6 nitrogen and oxygen atoms in total. The van der Waals surface area contributed by atoms with Crippen LogP contribution in [0.4, 0.5) is 5.69 Å². The third-order valence-electron chi connectivity index (χ3n) is 5.76. The second-order valence-corrected chi connectivity index (χ2v) is 8.20. The highest BCUT2D eigenvalue weighted by molar-refractivity contribution is 6.14. The second kappa shape index (κ2) is 10.4. The number of hydrogen-bond acceptors (Lipinski definition) is 6. The Kier molecular flexibility index (Phi) is 7.15. The predicted molar refractivity (Wildman–Crippen MR) is 128 cm³/mol. The Balaban J connectivity index is 1.70. The van der Waals surface area contributed by atoms with Gasteiger partial charge in [0.05, 0.1) is 38.0 Å². The van der Waals surface area contributed by atoms with Gasteiger partial charge in [0.25, 0.3) is 0 Å². The number of methoxy groups -OCH3 is 1. The van der Waals surface area contributed by atoms with Crippen molar-refractivity contribution in [3.05, 3.63) is 88.7 Å². The molecule has 0 N–H and O–H groups in total. The number of Topliss-reactive ketones (excluding diaryl/α,β-unsaturated/α-hetero) is 2. The lowest BCUT2D eigenvalue weighted by Crippen LogP contribution is -2.36. The molecule has 0 aliphatic carbocycles. The Labute approximate surface area is 194 Å². The van der Waals surface area contributed by atoms with Crippen LogP contribution in [0.5, 0.6) is 5.75 Å². The number of carbonyl (C=O) groups is 2. The molecule has 6 heteroatoms. The molecule has 0 unspecified atom stereocenters. The van der Waals surface area contributed by atoms with Gasteiger partial charge in [0, 0.05) is 19.3 Å². The minimum atomic E-state index is -0.299. The molecule has 1 aromatic heterocycles. The van der Waals surface area contributed by atoms with Crippen LogP contribution in [0.3, 0.4) is 0 Å². The van der Waals surface area contributed by atoms with Crippen LogP contribution in [0.25, 0.3) is 0 Å². The molecule has 1 saturated heterocycles. The fourth-order valence-electron chi connectivity index (χ4n) is 4.09. The Morgan fingerprint density at radius 3 is 2.45 bits per heavy atom. The van der Waals surface area contributed by atoms with Gasteiger partial charge >= 0.3 is 0 Å². The van der Waals surface area contributed by atoms with E-state index in [0.29, 0.717) is 49.7 Å². The van der Waals surface area contributed by atoms with Crippen molar-refractivity contribution >= 4 is 17.3 Å². The summed E-state index contributed by atoms with van der Waals surface area (Å²) < 4.78 is 11.2. The lowest BCUT2D eigenvalue weighted by molar-refractivity contribution is 0.0890. The highest BCUT2D eigenvalue weighted by atomic mass is 16.5. The first-order chi connectivity index (χ1) is 16.0. The lowest BCUT2D eigenvalue weighted by atomic mass is 9.96. The number of aromatic nitrogens is 1. The van der Waals surface area contributed by atoms with Gasteiger partial charge in [0.1, 0.15) is 5.69 Å². The number of pyridine rings is 1. The van der Waals surface area contributed by atoms with Crippen molar-refractivity contribution in [3.8, 4) is 5.75 Å². The van der Waals surface area contributed by atoms with Crippen LogP contribution in [-0.4, -0.2) is 50.0 Å². The van der Waals surface area contributed by atoms with Crippen molar-refractivity contribution < 1.29 is 19.1 Å². The zero-order valence-electron chi connectivity index (χ0n) is 19.0. The zero-order chi connectivity index (χ0) is 23.2. The fourth-order valence-corrected chi connectivity index (χ4v) is 4.09. The molecule has 1 aliphatic rings. The molecule has 0 spiro atoms. The number of ether oxygens (including phenoxy) is 2. The maximum Gasteiger partial charge on any atom is 0.188 e. The van der Waals surface area contributed by atoms with Gasteiger partial charge in [-0.25, -0.2) is 0 Å². The summed E-state index contributed by atoms with van der Waals surface area (Å²) in [7, 11) is 1.57. The van der Waals surface area contributed by atoms with Gasteiger partial charge < -0.3 is 14.4 Å². The van der Waals surface area contributed by atoms with E-state index >= 15 is 0 Å². The van der Waals surface area contributed by atoms with Gasteiger partial charge in [-0.1, -0.05) is 30.3 Å². The molecular weight excluding hydrogens is 416 g/mol. The molecule has 0 atom stereocenters. The monoisotopic (exact) mass is 444 g/mol. The average Bonchev–Trinajstić information content (AvgIpc) is 2.84. The van der Waals surface area contributed by atoms with E-state index in [1.165, 1.54) is 0 Å². The van der Waals surface area contributed by atoms with Crippen molar-refractivity contribution in [2.24, 2.45) is 0 Å². The maximum atomic E-state index is 13.4. The summed E-state index contributed by atoms with van der Waals surface area (Å²) in [5.74, 6) is -0.0690. The fraction of sp³-hybridized carbons (Fsp3) is 0.296. The Hall–Kier alpha value is -3.51. The van der Waals surface area contributed by atoms with Crippen LogP contribution < -0.4 is 9.64 Å². The van der Waals surface area contributed by atoms with Crippen molar-refractivity contribution in [1.82, 2.24) is 4.98 Å². The number of morpholine rings is 1. The first-order valence-electron chi connectivity index (χ1n) is 11.1. The number of anilines is 1. The molecule has 0 amide bonds. The first kappa shape index (κ1) is 22.7. The molecular formula is C27H28N2O4. The van der Waals surface area contributed by atoms with E-state index < -0.39 is 0 Å². The molecule has 1 aliphatic heterocycles. The minimum Gasteiger partial charge on any atom is -0.494 e. The van der Waals surface area contributed by atoms with Crippen LogP contribution in [-0.2, 0) is 11.2 Å². The van der Waals surface area contributed by atoms with E-state index in [1.54, 1.807) is 19.4 Å². The predicted octanol–water partition coefficient (Wildman–Crippen LogP) is 4.28. The highest BCUT2D eigenvalue weighted by Crippen LogP contribution is 2.36. The number of nitrogens with zero attached hydrogens (tertiary/aromatic N) is 2. The largest absolute Gasteiger partial charge is 0.494 e. The Morgan fingerprint density at radius 2 is 1.76 bits per heavy atom. The molecule has 0 bridgehead atoms. The normalized spacial score (nSPS) is 13.6. The summed E-state index contributed by atoms with van der Waals surface area (Å²) in [4.78, 5) is 32.5. The summed E-state index contributed by atoms with van der Waals surface area (Å²) >= 11 is 0. The summed E-state index contributed by atoms with van der Waals surface area (Å²) in [5.41, 5.74) is 4.66. The lowest BCUT2D eigenvalue weighted by Gasteiger charge is -2.31. The summed E-state index contributed by atoms with van der Waals surface area (Å²) in [6.07, 6.45) is 2.00. The zero-order valence-corrected chi connectivity index (χ0v) is 19.0. The van der Waals surface area contributed by atoms with Gasteiger partial charge in [-0.2, -0.15) is 0 Å². The smallest absolute Gasteiger partial charge is 0.188 e. The third kappa shape index (κ3) is 5.46. The summed E-state index contributed by atoms with van der Waals surface area (Å²) in [6, 6.07) is 17.6. The van der Waals surface area contributed by atoms with E-state index in [4.69, 9.17) is 9.47 Å². The molecule has 3 aromatic rings. The summed E-state index contributed by atoms with van der Waals surface area (Å²) in [6.45, 7) is 4.56. The van der Waals surface area contributed by atoms with E-state index in [9.17, 15) is 9.59 Å². The van der Waals surface area contributed by atoms with Crippen molar-refractivity contribution in [1.29, 1.82) is 0 Å². The van der Waals surface area contributed by atoms with Crippen LogP contribution in [0, 0.1) is 6.92 Å². The van der Waals surface area contributed by atoms with Crippen molar-refractivity contribution in [2.45, 2.75) is 19.8 Å². The van der Waals surface area contributed by atoms with Gasteiger partial charge in [-0.3, -0.25) is 14.6 Å². The molecule has 33 heavy (non-hydrogen) atoms. The van der Waals surface area contributed by atoms with Gasteiger partial charge in [0.2, 0.25) is 0 Å². The molecule has 170 valence electrons. The first-order valence-corrected chi connectivity index (χ1v) is 11.1. The third-order valence-corrected chi connectivity index (χ3v) is 5.76. The molecule has 0 saturated carbocycles. The second-order valence-electron chi connectivity index (χ2n) is 8.20. The average molecular weight is 445 g/mol. The van der Waals surface area contributed by atoms with E-state index in [0.717, 1.165) is 22.4 Å². The topological polar surface area (TPSA) is 68.7 Å². The molecule has 4 rings (SSSR count). The van der Waals surface area contributed by atoms with Crippen LogP contribution in [0.1, 0.15) is 44.0 Å². The quantitative estimate of drug-likeness (QED) is 0.382. The Bertz CT molecular complexity index is 1140. The minimum absolute atomic E-state index is 0.260.